The van der Waals surface area contributed by atoms with Crippen LogP contribution in [0.5, 0.6) is 0 Å². The Morgan fingerprint density at radius 2 is 1.63 bits per heavy atom. The molecule has 0 saturated carbocycles. The molecule has 2 aromatic carbocycles. The number of benzene rings is 2. The second kappa shape index (κ2) is 5.02. The maximum Gasteiger partial charge on any atom is 0.133 e. The highest BCUT2D eigenvalue weighted by Crippen LogP contribution is 2.34. The van der Waals surface area contributed by atoms with E-state index in [2.05, 4.69) is 42.2 Å². The fourth-order valence-corrected chi connectivity index (χ4v) is 2.80. The SMILES string of the molecule is CCc1c(Cl)nc2ccccc2c1-c1ccccc1. The Morgan fingerprint density at radius 3 is 2.37 bits per heavy atom. The van der Waals surface area contributed by atoms with Gasteiger partial charge in [0.1, 0.15) is 5.15 Å². The third-order valence-corrected chi connectivity index (χ3v) is 3.67. The summed E-state index contributed by atoms with van der Waals surface area (Å²) in [6.45, 7) is 2.12. The van der Waals surface area contributed by atoms with E-state index in [0.29, 0.717) is 5.15 Å². The largest absolute Gasteiger partial charge is 0.236 e. The van der Waals surface area contributed by atoms with Crippen LogP contribution in [-0.2, 0) is 6.42 Å². The standard InChI is InChI=1S/C17H14ClN/c1-2-13-16(12-8-4-3-5-9-12)14-10-6-7-11-15(14)19-17(13)18/h3-11H,2H2,1H3. The maximum absolute atomic E-state index is 6.35. The van der Waals surface area contributed by atoms with Crippen LogP contribution in [0.4, 0.5) is 0 Å². The highest BCUT2D eigenvalue weighted by atomic mass is 35.5. The highest BCUT2D eigenvalue weighted by molar-refractivity contribution is 6.31. The molecule has 3 rings (SSSR count). The highest BCUT2D eigenvalue weighted by Gasteiger charge is 2.13. The molecule has 0 amide bonds. The molecule has 0 N–H and O–H groups in total. The van der Waals surface area contributed by atoms with Crippen LogP contribution in [0.1, 0.15) is 12.5 Å². The Morgan fingerprint density at radius 1 is 0.947 bits per heavy atom. The van der Waals surface area contributed by atoms with Crippen molar-refractivity contribution in [2.75, 3.05) is 0 Å². The molecule has 1 nitrogen and oxygen atoms in total. The molecule has 0 fully saturated rings. The van der Waals surface area contributed by atoms with Crippen molar-refractivity contribution in [2.45, 2.75) is 13.3 Å². The Bertz CT molecular complexity index is 720. The van der Waals surface area contributed by atoms with Gasteiger partial charge in [-0.3, -0.25) is 0 Å². The van der Waals surface area contributed by atoms with Crippen molar-refractivity contribution in [1.82, 2.24) is 4.98 Å². The van der Waals surface area contributed by atoms with E-state index < -0.39 is 0 Å². The number of hydrogen-bond donors (Lipinski definition) is 0. The third kappa shape index (κ3) is 2.11. The van der Waals surface area contributed by atoms with Gasteiger partial charge in [0.05, 0.1) is 5.52 Å². The number of pyridine rings is 1. The first-order valence-electron chi connectivity index (χ1n) is 6.43. The van der Waals surface area contributed by atoms with Crippen molar-refractivity contribution >= 4 is 22.5 Å². The monoisotopic (exact) mass is 267 g/mol. The first-order valence-corrected chi connectivity index (χ1v) is 6.81. The first-order chi connectivity index (χ1) is 9.31. The molecule has 0 saturated heterocycles. The zero-order valence-corrected chi connectivity index (χ0v) is 11.5. The predicted octanol–water partition coefficient (Wildman–Crippen LogP) is 5.12. The number of hydrogen-bond acceptors (Lipinski definition) is 1. The van der Waals surface area contributed by atoms with Gasteiger partial charge in [-0.1, -0.05) is 67.1 Å². The Balaban J connectivity index is 2.43. The number of fused-ring (bicyclic) bond motifs is 1. The minimum absolute atomic E-state index is 0.611. The summed E-state index contributed by atoms with van der Waals surface area (Å²) in [7, 11) is 0. The lowest BCUT2D eigenvalue weighted by molar-refractivity contribution is 1.12. The topological polar surface area (TPSA) is 12.9 Å². The van der Waals surface area contributed by atoms with Crippen LogP contribution >= 0.6 is 11.6 Å². The second-order valence-corrected chi connectivity index (χ2v) is 4.85. The molecule has 0 aliphatic heterocycles. The van der Waals surface area contributed by atoms with Crippen molar-refractivity contribution in [1.29, 1.82) is 0 Å². The van der Waals surface area contributed by atoms with Crippen molar-refractivity contribution in [3.05, 3.63) is 65.3 Å². The lowest BCUT2D eigenvalue weighted by Crippen LogP contribution is -1.94. The summed E-state index contributed by atoms with van der Waals surface area (Å²) in [5, 5.41) is 1.77. The molecule has 19 heavy (non-hydrogen) atoms. The smallest absolute Gasteiger partial charge is 0.133 e. The first kappa shape index (κ1) is 12.2. The molecule has 94 valence electrons. The minimum atomic E-state index is 0.611. The lowest BCUT2D eigenvalue weighted by atomic mass is 9.95. The van der Waals surface area contributed by atoms with Crippen molar-refractivity contribution in [3.8, 4) is 11.1 Å². The van der Waals surface area contributed by atoms with Crippen LogP contribution in [0.25, 0.3) is 22.0 Å². The molecule has 1 heterocycles. The van der Waals surface area contributed by atoms with Gasteiger partial charge in [0.2, 0.25) is 0 Å². The fourth-order valence-electron chi connectivity index (χ4n) is 2.48. The minimum Gasteiger partial charge on any atom is -0.236 e. The van der Waals surface area contributed by atoms with Crippen molar-refractivity contribution < 1.29 is 0 Å². The van der Waals surface area contributed by atoms with Crippen LogP contribution in [0.3, 0.4) is 0 Å². The van der Waals surface area contributed by atoms with Crippen LogP contribution in [0, 0.1) is 0 Å². The van der Waals surface area contributed by atoms with Crippen LogP contribution in [0.15, 0.2) is 54.6 Å². The predicted molar refractivity (Wildman–Crippen MR) is 81.6 cm³/mol. The van der Waals surface area contributed by atoms with Gasteiger partial charge in [0.15, 0.2) is 0 Å². The molecule has 0 aliphatic carbocycles. The molecule has 0 atom stereocenters. The Hall–Kier alpha value is -1.86. The number of aromatic nitrogens is 1. The van der Waals surface area contributed by atoms with E-state index in [-0.39, 0.29) is 0 Å². The number of para-hydroxylation sites is 1. The van der Waals surface area contributed by atoms with Gasteiger partial charge in [-0.25, -0.2) is 4.98 Å². The normalized spacial score (nSPS) is 10.8. The van der Waals surface area contributed by atoms with Crippen LogP contribution in [-0.4, -0.2) is 4.98 Å². The van der Waals surface area contributed by atoms with E-state index in [4.69, 9.17) is 11.6 Å². The summed E-state index contributed by atoms with van der Waals surface area (Å²) in [5.41, 5.74) is 4.47. The summed E-state index contributed by atoms with van der Waals surface area (Å²) in [4.78, 5) is 4.50. The summed E-state index contributed by atoms with van der Waals surface area (Å²) in [5.74, 6) is 0. The zero-order chi connectivity index (χ0) is 13.2. The Labute approximate surface area is 117 Å². The molecule has 0 unspecified atom stereocenters. The van der Waals surface area contributed by atoms with Gasteiger partial charge >= 0.3 is 0 Å². The number of nitrogens with zero attached hydrogens (tertiary/aromatic N) is 1. The van der Waals surface area contributed by atoms with Crippen LogP contribution < -0.4 is 0 Å². The number of rotatable bonds is 2. The quantitative estimate of drug-likeness (QED) is 0.588. The number of halogens is 1. The van der Waals surface area contributed by atoms with E-state index in [9.17, 15) is 0 Å². The molecule has 0 bridgehead atoms. The average Bonchev–Trinajstić information content (AvgIpc) is 2.46. The van der Waals surface area contributed by atoms with Gasteiger partial charge in [-0.15, -0.1) is 0 Å². The van der Waals surface area contributed by atoms with Gasteiger partial charge in [0, 0.05) is 5.39 Å². The third-order valence-electron chi connectivity index (χ3n) is 3.36. The average molecular weight is 268 g/mol. The molecule has 0 aliphatic rings. The maximum atomic E-state index is 6.35. The Kier molecular flexibility index (Phi) is 3.22. The van der Waals surface area contributed by atoms with Gasteiger partial charge in [0.25, 0.3) is 0 Å². The molecular weight excluding hydrogens is 254 g/mol. The van der Waals surface area contributed by atoms with E-state index in [0.717, 1.165) is 22.9 Å². The van der Waals surface area contributed by atoms with Gasteiger partial charge < -0.3 is 0 Å². The van der Waals surface area contributed by atoms with E-state index in [1.807, 2.05) is 24.3 Å². The molecule has 2 heteroatoms. The summed E-state index contributed by atoms with van der Waals surface area (Å²) >= 11 is 6.35. The van der Waals surface area contributed by atoms with E-state index in [1.54, 1.807) is 0 Å². The molecule has 1 aromatic heterocycles. The fraction of sp³-hybridized carbons (Fsp3) is 0.118. The van der Waals surface area contributed by atoms with Gasteiger partial charge in [-0.05, 0) is 29.2 Å². The van der Waals surface area contributed by atoms with Gasteiger partial charge in [-0.2, -0.15) is 0 Å². The lowest BCUT2D eigenvalue weighted by Gasteiger charge is -2.13. The summed E-state index contributed by atoms with van der Waals surface area (Å²) < 4.78 is 0. The molecule has 0 spiro atoms. The molecule has 3 aromatic rings. The summed E-state index contributed by atoms with van der Waals surface area (Å²) in [6, 6.07) is 18.5. The zero-order valence-electron chi connectivity index (χ0n) is 10.7. The summed E-state index contributed by atoms with van der Waals surface area (Å²) in [6.07, 6.45) is 0.876. The molecule has 0 radical (unpaired) electrons. The van der Waals surface area contributed by atoms with Crippen molar-refractivity contribution in [2.24, 2.45) is 0 Å². The van der Waals surface area contributed by atoms with Crippen LogP contribution in [0.2, 0.25) is 5.15 Å². The van der Waals surface area contributed by atoms with E-state index in [1.165, 1.54) is 11.1 Å². The second-order valence-electron chi connectivity index (χ2n) is 4.49. The van der Waals surface area contributed by atoms with E-state index >= 15 is 0 Å². The van der Waals surface area contributed by atoms with Crippen molar-refractivity contribution in [3.63, 3.8) is 0 Å². The molecular formula is C17H14ClN.